The van der Waals surface area contributed by atoms with Gasteiger partial charge >= 0.3 is 5.97 Å². The lowest BCUT2D eigenvalue weighted by Gasteiger charge is -2.12. The number of aliphatic carboxylic acids is 1. The molecule has 0 bridgehead atoms. The van der Waals surface area contributed by atoms with Gasteiger partial charge in [-0.25, -0.2) is 13.4 Å². The van der Waals surface area contributed by atoms with Crippen LogP contribution in [0.4, 0.5) is 0 Å². The van der Waals surface area contributed by atoms with Crippen LogP contribution in [0, 0.1) is 11.3 Å². The summed E-state index contributed by atoms with van der Waals surface area (Å²) in [7, 11) is -3.94. The van der Waals surface area contributed by atoms with Gasteiger partial charge < -0.3 is 5.11 Å². The lowest BCUT2D eigenvalue weighted by atomic mass is 10.2. The van der Waals surface area contributed by atoms with Crippen molar-refractivity contribution in [2.45, 2.75) is 24.3 Å². The molecule has 1 rings (SSSR count). The van der Waals surface area contributed by atoms with Crippen molar-refractivity contribution < 1.29 is 18.3 Å². The average Bonchev–Trinajstić information content (AvgIpc) is 2.35. The van der Waals surface area contributed by atoms with E-state index in [0.717, 1.165) is 6.20 Å². The smallest absolute Gasteiger partial charge is 0.321 e. The molecular formula is C10H11N3O4S. The van der Waals surface area contributed by atoms with E-state index in [9.17, 15) is 13.2 Å². The number of sulfonamides is 1. The predicted molar refractivity (Wildman–Crippen MR) is 61.0 cm³/mol. The minimum absolute atomic E-state index is 0.0826. The van der Waals surface area contributed by atoms with Crippen LogP contribution in [0.3, 0.4) is 0 Å². The number of carboxylic acids is 1. The summed E-state index contributed by atoms with van der Waals surface area (Å²) in [6.07, 6.45) is 1.13. The largest absolute Gasteiger partial charge is 0.480 e. The van der Waals surface area contributed by atoms with Gasteiger partial charge in [0.1, 0.15) is 22.7 Å². The van der Waals surface area contributed by atoms with E-state index in [1.54, 1.807) is 13.0 Å². The maximum absolute atomic E-state index is 11.8. The monoisotopic (exact) mass is 269 g/mol. The van der Waals surface area contributed by atoms with E-state index in [0.29, 0.717) is 0 Å². The van der Waals surface area contributed by atoms with Gasteiger partial charge in [-0.1, -0.05) is 6.92 Å². The molecule has 1 unspecified atom stereocenters. The third-order valence-electron chi connectivity index (χ3n) is 2.16. The first kappa shape index (κ1) is 14.1. The Morgan fingerprint density at radius 3 is 2.67 bits per heavy atom. The van der Waals surface area contributed by atoms with E-state index in [2.05, 4.69) is 4.98 Å². The Morgan fingerprint density at radius 1 is 1.61 bits per heavy atom. The first-order valence-corrected chi connectivity index (χ1v) is 6.50. The average molecular weight is 269 g/mol. The normalized spacial score (nSPS) is 12.7. The second-order valence-electron chi connectivity index (χ2n) is 3.41. The fraction of sp³-hybridized carbons (Fsp3) is 0.300. The Bertz CT molecular complexity index is 574. The van der Waals surface area contributed by atoms with E-state index < -0.39 is 22.0 Å². The number of hydrogen-bond donors (Lipinski definition) is 2. The van der Waals surface area contributed by atoms with Crippen LogP contribution in [0.2, 0.25) is 0 Å². The van der Waals surface area contributed by atoms with Crippen molar-refractivity contribution in [1.29, 1.82) is 5.26 Å². The second kappa shape index (κ2) is 5.57. The number of rotatable bonds is 5. The minimum Gasteiger partial charge on any atom is -0.480 e. The number of nitriles is 1. The van der Waals surface area contributed by atoms with Gasteiger partial charge in [0.05, 0.1) is 0 Å². The maximum atomic E-state index is 11.8. The SMILES string of the molecule is CCC(NS(=O)(=O)c1ccc(C#N)nc1)C(=O)O. The Balaban J connectivity index is 2.99. The number of carbonyl (C=O) groups is 1. The predicted octanol–water partition coefficient (Wildman–Crippen LogP) is 0.0948. The van der Waals surface area contributed by atoms with Crippen LogP contribution in [0.1, 0.15) is 19.0 Å². The fourth-order valence-electron chi connectivity index (χ4n) is 1.17. The third-order valence-corrected chi connectivity index (χ3v) is 3.62. The van der Waals surface area contributed by atoms with Crippen molar-refractivity contribution in [3.05, 3.63) is 24.0 Å². The molecule has 1 aromatic rings. The highest BCUT2D eigenvalue weighted by atomic mass is 32.2. The molecule has 0 aromatic carbocycles. The second-order valence-corrected chi connectivity index (χ2v) is 5.13. The van der Waals surface area contributed by atoms with Gasteiger partial charge in [0.25, 0.3) is 0 Å². The molecule has 2 N–H and O–H groups in total. The Kier molecular flexibility index (Phi) is 4.36. The lowest BCUT2D eigenvalue weighted by molar-refractivity contribution is -0.139. The summed E-state index contributed by atoms with van der Waals surface area (Å²) in [5, 5.41) is 17.3. The van der Waals surface area contributed by atoms with E-state index in [-0.39, 0.29) is 17.0 Å². The zero-order valence-electron chi connectivity index (χ0n) is 9.49. The molecule has 8 heteroatoms. The molecule has 96 valence electrons. The number of aromatic nitrogens is 1. The molecule has 1 atom stereocenters. The van der Waals surface area contributed by atoms with Crippen molar-refractivity contribution in [3.8, 4) is 6.07 Å². The molecule has 7 nitrogen and oxygen atoms in total. The van der Waals surface area contributed by atoms with Crippen molar-refractivity contribution in [1.82, 2.24) is 9.71 Å². The number of nitrogens with zero attached hydrogens (tertiary/aromatic N) is 2. The third kappa shape index (κ3) is 3.26. The zero-order chi connectivity index (χ0) is 13.8. The summed E-state index contributed by atoms with van der Waals surface area (Å²) in [6.45, 7) is 1.55. The summed E-state index contributed by atoms with van der Waals surface area (Å²) in [5.74, 6) is -1.25. The van der Waals surface area contributed by atoms with Crippen LogP contribution < -0.4 is 4.72 Å². The molecule has 0 aliphatic heterocycles. The van der Waals surface area contributed by atoms with Gasteiger partial charge in [-0.05, 0) is 18.6 Å². The molecule has 0 fully saturated rings. The molecule has 0 amide bonds. The number of hydrogen-bond acceptors (Lipinski definition) is 5. The van der Waals surface area contributed by atoms with Gasteiger partial charge in [0.2, 0.25) is 10.0 Å². The molecule has 1 heterocycles. The molecule has 1 aromatic heterocycles. The minimum atomic E-state index is -3.94. The van der Waals surface area contributed by atoms with Crippen molar-refractivity contribution >= 4 is 16.0 Å². The molecular weight excluding hydrogens is 258 g/mol. The Morgan fingerprint density at radius 2 is 2.28 bits per heavy atom. The first-order chi connectivity index (χ1) is 8.40. The van der Waals surface area contributed by atoms with Gasteiger partial charge in [0.15, 0.2) is 0 Å². The molecule has 0 aliphatic carbocycles. The van der Waals surface area contributed by atoms with Crippen LogP contribution in [0.25, 0.3) is 0 Å². The van der Waals surface area contributed by atoms with Gasteiger partial charge in [-0.15, -0.1) is 0 Å². The summed E-state index contributed by atoms with van der Waals surface area (Å²) in [6, 6.07) is 3.01. The highest BCUT2D eigenvalue weighted by Crippen LogP contribution is 2.09. The van der Waals surface area contributed by atoms with Crippen LogP contribution in [-0.4, -0.2) is 30.5 Å². The van der Waals surface area contributed by atoms with Crippen LogP contribution in [0.15, 0.2) is 23.2 Å². The van der Waals surface area contributed by atoms with Crippen LogP contribution in [-0.2, 0) is 14.8 Å². The quantitative estimate of drug-likeness (QED) is 0.781. The highest BCUT2D eigenvalue weighted by molar-refractivity contribution is 7.89. The van der Waals surface area contributed by atoms with Gasteiger partial charge in [0, 0.05) is 6.20 Å². The van der Waals surface area contributed by atoms with E-state index >= 15 is 0 Å². The van der Waals surface area contributed by atoms with E-state index in [4.69, 9.17) is 10.4 Å². The number of carboxylic acid groups (broad SMARTS) is 1. The first-order valence-electron chi connectivity index (χ1n) is 5.02. The topological polar surface area (TPSA) is 120 Å². The van der Waals surface area contributed by atoms with E-state index in [1.807, 2.05) is 4.72 Å². The molecule has 0 aliphatic rings. The molecule has 18 heavy (non-hydrogen) atoms. The van der Waals surface area contributed by atoms with Gasteiger partial charge in [-0.3, -0.25) is 4.79 Å². The van der Waals surface area contributed by atoms with Gasteiger partial charge in [-0.2, -0.15) is 9.98 Å². The highest BCUT2D eigenvalue weighted by Gasteiger charge is 2.23. The van der Waals surface area contributed by atoms with Crippen molar-refractivity contribution in [2.75, 3.05) is 0 Å². The molecule has 0 spiro atoms. The number of pyridine rings is 1. The van der Waals surface area contributed by atoms with Crippen LogP contribution >= 0.6 is 0 Å². The summed E-state index contributed by atoms with van der Waals surface area (Å²) < 4.78 is 25.7. The Hall–Kier alpha value is -1.98. The lowest BCUT2D eigenvalue weighted by Crippen LogP contribution is -2.40. The molecule has 0 radical (unpaired) electrons. The molecule has 0 saturated carbocycles. The van der Waals surface area contributed by atoms with Crippen LogP contribution in [0.5, 0.6) is 0 Å². The summed E-state index contributed by atoms with van der Waals surface area (Å²) in [4.78, 5) is 14.2. The van der Waals surface area contributed by atoms with Crippen molar-refractivity contribution in [3.63, 3.8) is 0 Å². The van der Waals surface area contributed by atoms with Crippen molar-refractivity contribution in [2.24, 2.45) is 0 Å². The summed E-state index contributed by atoms with van der Waals surface area (Å²) >= 11 is 0. The maximum Gasteiger partial charge on any atom is 0.321 e. The standard InChI is InChI=1S/C10H11N3O4S/c1-2-9(10(14)15)13-18(16,17)8-4-3-7(5-11)12-6-8/h3-4,6,9,13H,2H2,1H3,(H,14,15). The fourth-order valence-corrected chi connectivity index (χ4v) is 2.39. The van der Waals surface area contributed by atoms with E-state index in [1.165, 1.54) is 12.1 Å². The molecule has 0 saturated heterocycles. The Labute approximate surface area is 104 Å². The zero-order valence-corrected chi connectivity index (χ0v) is 10.3. The number of nitrogens with one attached hydrogen (secondary N) is 1. The summed E-state index contributed by atoms with van der Waals surface area (Å²) in [5.41, 5.74) is 0.0826.